The second-order valence-electron chi connectivity index (χ2n) is 15.6. The molecule has 2 saturated heterocycles. The zero-order valence-corrected chi connectivity index (χ0v) is 28.4. The number of ether oxygens (including phenoxy) is 1. The summed E-state index contributed by atoms with van der Waals surface area (Å²) in [7, 11) is 1.91. The van der Waals surface area contributed by atoms with E-state index in [1.54, 1.807) is 23.4 Å². The van der Waals surface area contributed by atoms with Crippen LogP contribution in [0.4, 0.5) is 23.7 Å². The lowest BCUT2D eigenvalue weighted by Crippen LogP contribution is -2.58. The van der Waals surface area contributed by atoms with Gasteiger partial charge in [0.2, 0.25) is 0 Å². The molecule has 2 amide bonds. The van der Waals surface area contributed by atoms with E-state index in [0.29, 0.717) is 43.3 Å². The molecule has 256 valence electrons. The quantitative estimate of drug-likeness (QED) is 0.302. The first kappa shape index (κ1) is 32.6. The Morgan fingerprint density at radius 3 is 2.44 bits per heavy atom. The summed E-state index contributed by atoms with van der Waals surface area (Å²) >= 11 is 0. The van der Waals surface area contributed by atoms with Gasteiger partial charge in [0, 0.05) is 55.9 Å². The number of carbonyl (C=O) groups is 2. The molecule has 1 aliphatic carbocycles. The molecule has 0 radical (unpaired) electrons. The zero-order chi connectivity index (χ0) is 34.4. The number of likely N-dealkylation sites (tertiary alicyclic amines) is 2. The molecule has 1 atom stereocenters. The SMILES string of the molecule is CC1CC(c2cccc(N3Cc4c(cc([C@H](C)N5CC6(CCN(C(=O)OC(C)(C)C)C6)C5)cc4C(F)(F)F)C3=O)c2)(c2nncn2C)C1. The highest BCUT2D eigenvalue weighted by Crippen LogP contribution is 2.52. The third kappa shape index (κ3) is 5.45. The minimum absolute atomic E-state index is 0.0120. The molecule has 0 N–H and O–H groups in total. The van der Waals surface area contributed by atoms with Gasteiger partial charge in [-0.3, -0.25) is 9.69 Å². The summed E-state index contributed by atoms with van der Waals surface area (Å²) < 4.78 is 51.3. The molecule has 4 aliphatic rings. The van der Waals surface area contributed by atoms with Crippen LogP contribution in [0.25, 0.3) is 0 Å². The van der Waals surface area contributed by atoms with Crippen LogP contribution in [0.2, 0.25) is 0 Å². The number of halogens is 3. The second-order valence-corrected chi connectivity index (χ2v) is 15.6. The van der Waals surface area contributed by atoms with E-state index in [9.17, 15) is 22.8 Å². The van der Waals surface area contributed by atoms with Gasteiger partial charge in [-0.2, -0.15) is 13.2 Å². The number of aromatic nitrogens is 3. The minimum Gasteiger partial charge on any atom is -0.444 e. The third-order valence-electron chi connectivity index (χ3n) is 10.8. The summed E-state index contributed by atoms with van der Waals surface area (Å²) in [6, 6.07) is 10.1. The van der Waals surface area contributed by atoms with Gasteiger partial charge >= 0.3 is 12.3 Å². The van der Waals surface area contributed by atoms with Crippen LogP contribution < -0.4 is 4.90 Å². The van der Waals surface area contributed by atoms with Crippen molar-refractivity contribution in [3.63, 3.8) is 0 Å². The maximum Gasteiger partial charge on any atom is 0.416 e. The van der Waals surface area contributed by atoms with Crippen LogP contribution in [-0.4, -0.2) is 68.3 Å². The molecule has 1 spiro atoms. The van der Waals surface area contributed by atoms with Crippen LogP contribution in [0.15, 0.2) is 42.7 Å². The number of hydrogen-bond acceptors (Lipinski definition) is 6. The number of rotatable bonds is 5. The van der Waals surface area contributed by atoms with E-state index in [1.807, 2.05) is 57.5 Å². The van der Waals surface area contributed by atoms with Gasteiger partial charge in [-0.25, -0.2) is 4.79 Å². The van der Waals surface area contributed by atoms with Gasteiger partial charge in [0.1, 0.15) is 17.8 Å². The third-order valence-corrected chi connectivity index (χ3v) is 10.8. The smallest absolute Gasteiger partial charge is 0.416 e. The maximum absolute atomic E-state index is 14.6. The number of fused-ring (bicyclic) bond motifs is 1. The largest absolute Gasteiger partial charge is 0.444 e. The van der Waals surface area contributed by atoms with Gasteiger partial charge in [-0.15, -0.1) is 10.2 Å². The highest BCUT2D eigenvalue weighted by molar-refractivity contribution is 6.10. The second kappa shape index (κ2) is 11.0. The average Bonchev–Trinajstić information content (AvgIpc) is 3.70. The first-order chi connectivity index (χ1) is 22.5. The standard InChI is InChI=1S/C36H43F3N6O3/c1-22-15-35(16-22,31-41-40-21-42(31)6)25-8-7-9-26(14-25)45-17-28-27(30(45)46)12-24(13-29(28)36(37,38)39)23(2)44-19-34(20-44)10-11-43(18-34)32(47)48-33(3,4)5/h7-9,12-14,21-23H,10-11,15-20H2,1-6H3/t22?,23-,35?/m0/s1. The van der Waals surface area contributed by atoms with E-state index in [-0.39, 0.29) is 40.6 Å². The fourth-order valence-electron chi connectivity index (χ4n) is 8.47. The normalized spacial score (nSPS) is 24.4. The Kier molecular flexibility index (Phi) is 7.50. The van der Waals surface area contributed by atoms with Crippen molar-refractivity contribution in [2.24, 2.45) is 18.4 Å². The molecule has 3 aliphatic heterocycles. The van der Waals surface area contributed by atoms with Gasteiger partial charge in [0.05, 0.1) is 17.5 Å². The fourth-order valence-corrected chi connectivity index (χ4v) is 8.47. The fraction of sp³-hybridized carbons (Fsp3) is 0.556. The van der Waals surface area contributed by atoms with Crippen molar-refractivity contribution in [3.8, 4) is 0 Å². The Hall–Kier alpha value is -3.93. The van der Waals surface area contributed by atoms with Crippen LogP contribution in [-0.2, 0) is 29.9 Å². The Morgan fingerprint density at radius 2 is 1.81 bits per heavy atom. The molecule has 3 fully saturated rings. The van der Waals surface area contributed by atoms with Gasteiger partial charge in [-0.05, 0) is 93.8 Å². The van der Waals surface area contributed by atoms with Crippen molar-refractivity contribution in [1.82, 2.24) is 24.6 Å². The number of hydrogen-bond donors (Lipinski definition) is 0. The lowest BCUT2D eigenvalue weighted by molar-refractivity contribution is -0.138. The van der Waals surface area contributed by atoms with Crippen LogP contribution in [0.5, 0.6) is 0 Å². The molecular weight excluding hydrogens is 621 g/mol. The molecule has 12 heteroatoms. The van der Waals surface area contributed by atoms with Crippen LogP contribution in [0.1, 0.15) is 98.4 Å². The predicted molar refractivity (Wildman–Crippen MR) is 173 cm³/mol. The van der Waals surface area contributed by atoms with Gasteiger partial charge < -0.3 is 19.1 Å². The summed E-state index contributed by atoms with van der Waals surface area (Å²) in [5.41, 5.74) is 0.311. The minimum atomic E-state index is -4.62. The number of carbonyl (C=O) groups excluding carboxylic acids is 2. The number of nitrogens with zero attached hydrogens (tertiary/aromatic N) is 6. The summed E-state index contributed by atoms with van der Waals surface area (Å²) in [4.78, 5) is 31.9. The Morgan fingerprint density at radius 1 is 1.08 bits per heavy atom. The van der Waals surface area contributed by atoms with E-state index in [1.165, 1.54) is 11.0 Å². The molecule has 0 bridgehead atoms. The topological polar surface area (TPSA) is 83.8 Å². The van der Waals surface area contributed by atoms with Crippen LogP contribution in [0.3, 0.4) is 0 Å². The van der Waals surface area contributed by atoms with E-state index < -0.39 is 23.2 Å². The van der Waals surface area contributed by atoms with Crippen LogP contribution >= 0.6 is 0 Å². The molecule has 0 unspecified atom stereocenters. The molecule has 48 heavy (non-hydrogen) atoms. The van der Waals surface area contributed by atoms with Crippen LogP contribution in [0, 0.1) is 11.3 Å². The Labute approximate surface area is 279 Å². The first-order valence-corrected chi connectivity index (χ1v) is 16.7. The summed E-state index contributed by atoms with van der Waals surface area (Å²) in [5, 5.41) is 8.51. The van der Waals surface area contributed by atoms with Crippen molar-refractivity contribution < 1.29 is 27.5 Å². The lowest BCUT2D eigenvalue weighted by Gasteiger charge is -2.51. The van der Waals surface area contributed by atoms with Crippen molar-refractivity contribution in [3.05, 3.63) is 76.4 Å². The van der Waals surface area contributed by atoms with Crippen molar-refractivity contribution in [2.75, 3.05) is 31.1 Å². The maximum atomic E-state index is 14.6. The summed E-state index contributed by atoms with van der Waals surface area (Å²) in [6.07, 6.45) is -0.726. The number of alkyl halides is 3. The predicted octanol–water partition coefficient (Wildman–Crippen LogP) is 6.71. The van der Waals surface area contributed by atoms with E-state index >= 15 is 0 Å². The van der Waals surface area contributed by atoms with Crippen molar-refractivity contribution in [2.45, 2.75) is 83.7 Å². The molecular formula is C36H43F3N6O3. The average molecular weight is 665 g/mol. The highest BCUT2D eigenvalue weighted by atomic mass is 19.4. The molecule has 3 aromatic rings. The monoisotopic (exact) mass is 664 g/mol. The molecule has 2 aromatic carbocycles. The van der Waals surface area contributed by atoms with Crippen molar-refractivity contribution in [1.29, 1.82) is 0 Å². The highest BCUT2D eigenvalue weighted by Gasteiger charge is 2.51. The molecule has 4 heterocycles. The molecule has 1 aromatic heterocycles. The summed E-state index contributed by atoms with van der Waals surface area (Å²) in [6.45, 7) is 11.9. The number of anilines is 1. The zero-order valence-electron chi connectivity index (χ0n) is 28.4. The molecule has 9 nitrogen and oxygen atoms in total. The van der Waals surface area contributed by atoms with E-state index in [2.05, 4.69) is 22.0 Å². The Bertz CT molecular complexity index is 1770. The van der Waals surface area contributed by atoms with E-state index in [4.69, 9.17) is 4.74 Å². The Balaban J connectivity index is 1.13. The van der Waals surface area contributed by atoms with Gasteiger partial charge in [0.25, 0.3) is 5.91 Å². The summed E-state index contributed by atoms with van der Waals surface area (Å²) in [5.74, 6) is 0.895. The molecule has 1 saturated carbocycles. The molecule has 7 rings (SSSR count). The van der Waals surface area contributed by atoms with Gasteiger partial charge in [0.15, 0.2) is 0 Å². The lowest BCUT2D eigenvalue weighted by atomic mass is 9.58. The van der Waals surface area contributed by atoms with Gasteiger partial charge in [-0.1, -0.05) is 19.1 Å². The first-order valence-electron chi connectivity index (χ1n) is 16.7. The number of aryl methyl sites for hydroxylation is 1. The number of benzene rings is 2. The van der Waals surface area contributed by atoms with E-state index in [0.717, 1.165) is 30.7 Å². The number of amides is 2. The van der Waals surface area contributed by atoms with Crippen molar-refractivity contribution >= 4 is 17.7 Å².